The number of hydrogen-bond acceptors (Lipinski definition) is 5. The van der Waals surface area contributed by atoms with Crippen LogP contribution in [-0.2, 0) is 6.42 Å². The molecule has 0 amide bonds. The maximum Gasteiger partial charge on any atom is 0.244 e. The molecule has 0 spiro atoms. The fraction of sp³-hybridized carbons (Fsp3) is 0.333. The van der Waals surface area contributed by atoms with Crippen LogP contribution in [0.3, 0.4) is 0 Å². The van der Waals surface area contributed by atoms with E-state index in [-0.39, 0.29) is 11.8 Å². The molecule has 3 rings (SSSR count). The van der Waals surface area contributed by atoms with Crippen molar-refractivity contribution in [3.63, 3.8) is 0 Å². The lowest BCUT2D eigenvalue weighted by molar-refractivity contribution is 0.379. The molecule has 0 saturated carbocycles. The van der Waals surface area contributed by atoms with Crippen LogP contribution >= 0.6 is 11.3 Å². The summed E-state index contributed by atoms with van der Waals surface area (Å²) >= 11 is 1.67. The zero-order valence-corrected chi connectivity index (χ0v) is 12.8. The molecule has 0 aromatic carbocycles. The first-order valence-corrected chi connectivity index (χ1v) is 7.68. The first-order chi connectivity index (χ1) is 10.2. The van der Waals surface area contributed by atoms with Gasteiger partial charge >= 0.3 is 0 Å². The molecule has 6 heteroatoms. The number of ether oxygens (including phenoxy) is 1. The highest BCUT2D eigenvalue weighted by Gasteiger charge is 2.35. The third-order valence-corrected chi connectivity index (χ3v) is 4.63. The van der Waals surface area contributed by atoms with Gasteiger partial charge in [0.05, 0.1) is 11.5 Å². The van der Waals surface area contributed by atoms with E-state index in [0.717, 1.165) is 29.0 Å². The van der Waals surface area contributed by atoms with Gasteiger partial charge in [0.1, 0.15) is 11.6 Å². The van der Waals surface area contributed by atoms with Gasteiger partial charge in [-0.3, -0.25) is 5.10 Å². The van der Waals surface area contributed by atoms with Crippen molar-refractivity contribution in [2.24, 2.45) is 5.73 Å². The third-order valence-electron chi connectivity index (χ3n) is 3.56. The topological polar surface area (TPSA) is 87.7 Å². The van der Waals surface area contributed by atoms with Gasteiger partial charge in [-0.1, -0.05) is 13.3 Å². The lowest BCUT2D eigenvalue weighted by atomic mass is 9.88. The van der Waals surface area contributed by atoms with Crippen molar-refractivity contribution in [3.8, 4) is 11.9 Å². The van der Waals surface area contributed by atoms with Crippen molar-refractivity contribution >= 4 is 11.3 Å². The summed E-state index contributed by atoms with van der Waals surface area (Å²) in [4.78, 5) is 2.30. The van der Waals surface area contributed by atoms with E-state index in [4.69, 9.17) is 10.5 Å². The molecule has 5 nitrogen and oxygen atoms in total. The van der Waals surface area contributed by atoms with E-state index in [2.05, 4.69) is 36.2 Å². The second kappa shape index (κ2) is 5.26. The number of aryl methyl sites for hydroxylation is 2. The fourth-order valence-electron chi connectivity index (χ4n) is 2.64. The van der Waals surface area contributed by atoms with E-state index >= 15 is 0 Å². The third kappa shape index (κ3) is 2.20. The van der Waals surface area contributed by atoms with Crippen molar-refractivity contribution in [1.29, 1.82) is 5.26 Å². The van der Waals surface area contributed by atoms with E-state index in [0.29, 0.717) is 11.5 Å². The molecule has 108 valence electrons. The van der Waals surface area contributed by atoms with E-state index < -0.39 is 0 Å². The lowest BCUT2D eigenvalue weighted by Gasteiger charge is -2.22. The maximum absolute atomic E-state index is 9.49. The normalized spacial score (nSPS) is 17.3. The van der Waals surface area contributed by atoms with Gasteiger partial charge in [-0.25, -0.2) is 0 Å². The molecule has 21 heavy (non-hydrogen) atoms. The Balaban J connectivity index is 2.19. The van der Waals surface area contributed by atoms with Crippen molar-refractivity contribution in [2.45, 2.75) is 32.6 Å². The van der Waals surface area contributed by atoms with Gasteiger partial charge in [-0.2, -0.15) is 5.26 Å². The molecule has 2 aromatic rings. The number of nitrogens with zero attached hydrogens (tertiary/aromatic N) is 2. The average molecular weight is 300 g/mol. The number of aromatic amines is 1. The van der Waals surface area contributed by atoms with Crippen molar-refractivity contribution in [2.75, 3.05) is 0 Å². The molecule has 0 unspecified atom stereocenters. The quantitative estimate of drug-likeness (QED) is 0.912. The van der Waals surface area contributed by atoms with Gasteiger partial charge < -0.3 is 10.5 Å². The van der Waals surface area contributed by atoms with Crippen LogP contribution in [0.2, 0.25) is 0 Å². The van der Waals surface area contributed by atoms with E-state index in [1.165, 1.54) is 4.88 Å². The molecule has 1 aliphatic heterocycles. The van der Waals surface area contributed by atoms with Crippen LogP contribution in [0.5, 0.6) is 5.88 Å². The first-order valence-electron chi connectivity index (χ1n) is 6.86. The van der Waals surface area contributed by atoms with Gasteiger partial charge in [0.2, 0.25) is 11.8 Å². The zero-order chi connectivity index (χ0) is 15.0. The van der Waals surface area contributed by atoms with Gasteiger partial charge in [0.25, 0.3) is 0 Å². The van der Waals surface area contributed by atoms with E-state index in [1.54, 1.807) is 11.3 Å². The van der Waals surface area contributed by atoms with Crippen molar-refractivity contribution in [3.05, 3.63) is 44.6 Å². The number of hydrogen-bond donors (Lipinski definition) is 2. The largest absolute Gasteiger partial charge is 0.420 e. The Labute approximate surface area is 127 Å². The second-order valence-corrected chi connectivity index (χ2v) is 6.36. The van der Waals surface area contributed by atoms with Gasteiger partial charge in [-0.15, -0.1) is 16.4 Å². The molecule has 3 N–H and O–H groups in total. The lowest BCUT2D eigenvalue weighted by Crippen LogP contribution is -2.20. The number of fused-ring (bicyclic) bond motifs is 1. The summed E-state index contributed by atoms with van der Waals surface area (Å²) in [6.07, 6.45) is 1.86. The summed E-state index contributed by atoms with van der Waals surface area (Å²) in [5, 5.41) is 16.7. The van der Waals surface area contributed by atoms with Crippen molar-refractivity contribution < 1.29 is 4.74 Å². The zero-order valence-electron chi connectivity index (χ0n) is 11.9. The minimum atomic E-state index is -0.183. The molecule has 0 radical (unpaired) electrons. The molecule has 2 aromatic heterocycles. The maximum atomic E-state index is 9.49. The smallest absolute Gasteiger partial charge is 0.244 e. The predicted octanol–water partition coefficient (Wildman–Crippen LogP) is 2.95. The summed E-state index contributed by atoms with van der Waals surface area (Å²) in [5.74, 6) is 0.458. The number of allylic oxidation sites excluding steroid dienone is 1. The Bertz CT molecular complexity index is 750. The standard InChI is InChI=1S/C15H16N4OS/c1-3-4-10-13-12(11-6-5-8(2)21-11)9(7-16)14(17)20-15(13)19-18-10/h5-6,12H,3-4,17H2,1-2H3,(H,18,19)/t12-/m1/s1. The SMILES string of the molecule is CCCc1[nH]nc2c1[C@@H](c1ccc(C)s1)C(C#N)=C(N)O2. The monoisotopic (exact) mass is 300 g/mol. The summed E-state index contributed by atoms with van der Waals surface area (Å²) < 4.78 is 5.52. The molecule has 0 aliphatic carbocycles. The summed E-state index contributed by atoms with van der Waals surface area (Å²) in [5.41, 5.74) is 8.33. The Hall–Kier alpha value is -2.26. The Morgan fingerprint density at radius 1 is 1.52 bits per heavy atom. The average Bonchev–Trinajstić information content (AvgIpc) is 3.05. The molecule has 1 aliphatic rings. The highest BCUT2D eigenvalue weighted by Crippen LogP contribution is 2.44. The Morgan fingerprint density at radius 3 is 2.95 bits per heavy atom. The van der Waals surface area contributed by atoms with Crippen molar-refractivity contribution in [1.82, 2.24) is 10.2 Å². The molecule has 1 atom stereocenters. The predicted molar refractivity (Wildman–Crippen MR) is 80.9 cm³/mol. The van der Waals surface area contributed by atoms with Crippen LogP contribution in [0.25, 0.3) is 0 Å². The Morgan fingerprint density at radius 2 is 2.33 bits per heavy atom. The molecule has 0 saturated heterocycles. The van der Waals surface area contributed by atoms with Gasteiger partial charge in [-0.05, 0) is 25.5 Å². The number of rotatable bonds is 3. The van der Waals surface area contributed by atoms with Gasteiger partial charge in [0, 0.05) is 15.4 Å². The van der Waals surface area contributed by atoms with E-state index in [1.807, 2.05) is 6.07 Å². The summed E-state index contributed by atoms with van der Waals surface area (Å²) in [6.45, 7) is 4.16. The van der Waals surface area contributed by atoms with Crippen LogP contribution in [0.4, 0.5) is 0 Å². The number of aromatic nitrogens is 2. The highest BCUT2D eigenvalue weighted by molar-refractivity contribution is 7.12. The minimum absolute atomic E-state index is 0.149. The van der Waals surface area contributed by atoms with E-state index in [9.17, 15) is 5.26 Å². The summed E-state index contributed by atoms with van der Waals surface area (Å²) in [6, 6.07) is 6.31. The molecule has 3 heterocycles. The number of H-pyrrole nitrogens is 1. The van der Waals surface area contributed by atoms with Crippen LogP contribution in [0.1, 0.15) is 40.3 Å². The molecule has 0 bridgehead atoms. The number of nitriles is 1. The van der Waals surface area contributed by atoms with Crippen LogP contribution in [-0.4, -0.2) is 10.2 Å². The van der Waals surface area contributed by atoms with Crippen LogP contribution in [0, 0.1) is 18.3 Å². The highest BCUT2D eigenvalue weighted by atomic mass is 32.1. The van der Waals surface area contributed by atoms with Gasteiger partial charge in [0.15, 0.2) is 0 Å². The minimum Gasteiger partial charge on any atom is -0.420 e. The number of thiophene rings is 1. The van der Waals surface area contributed by atoms with Crippen LogP contribution < -0.4 is 10.5 Å². The second-order valence-electron chi connectivity index (χ2n) is 5.04. The molecular weight excluding hydrogens is 284 g/mol. The number of nitrogens with two attached hydrogens (primary N) is 1. The fourth-order valence-corrected chi connectivity index (χ4v) is 3.64. The van der Waals surface area contributed by atoms with Crippen LogP contribution in [0.15, 0.2) is 23.6 Å². The Kier molecular flexibility index (Phi) is 3.43. The molecule has 0 fully saturated rings. The molecular formula is C15H16N4OS. The number of nitrogens with one attached hydrogen (secondary N) is 1. The summed E-state index contributed by atoms with van der Waals surface area (Å²) in [7, 11) is 0. The first kappa shape index (κ1) is 13.7.